The molecule has 2 aromatic carbocycles. The summed E-state index contributed by atoms with van der Waals surface area (Å²) in [5.74, 6) is -1.09. The van der Waals surface area contributed by atoms with Crippen molar-refractivity contribution >= 4 is 28.9 Å². The maximum atomic E-state index is 14.0. The zero-order chi connectivity index (χ0) is 16.4. The summed E-state index contributed by atoms with van der Waals surface area (Å²) >= 11 is 5.83. The molecule has 0 atom stereocenters. The van der Waals surface area contributed by atoms with Gasteiger partial charge in [0.15, 0.2) is 0 Å². The van der Waals surface area contributed by atoms with Crippen LogP contribution in [0.1, 0.15) is 15.9 Å². The number of amides is 1. The molecule has 0 saturated carbocycles. The van der Waals surface area contributed by atoms with Gasteiger partial charge in [-0.3, -0.25) is 14.9 Å². The van der Waals surface area contributed by atoms with Gasteiger partial charge in [-0.15, -0.1) is 0 Å². The van der Waals surface area contributed by atoms with Gasteiger partial charge >= 0.3 is 0 Å². The van der Waals surface area contributed by atoms with Crippen LogP contribution in [0.25, 0.3) is 0 Å². The van der Waals surface area contributed by atoms with E-state index in [-0.39, 0.29) is 22.0 Å². The second kappa shape index (κ2) is 6.11. The molecular formula is C15H12ClFN2O3. The van der Waals surface area contributed by atoms with Crippen molar-refractivity contribution in [2.24, 2.45) is 0 Å². The van der Waals surface area contributed by atoms with Gasteiger partial charge in [0.25, 0.3) is 11.6 Å². The predicted octanol–water partition coefficient (Wildman–Crippen LogP) is 3.97. The van der Waals surface area contributed by atoms with Crippen LogP contribution in [0, 0.1) is 22.9 Å². The van der Waals surface area contributed by atoms with Crippen molar-refractivity contribution in [1.29, 1.82) is 0 Å². The fraction of sp³-hybridized carbons (Fsp3) is 0.133. The van der Waals surface area contributed by atoms with Crippen LogP contribution >= 0.6 is 11.6 Å². The Bertz CT molecular complexity index is 747. The average molecular weight is 323 g/mol. The molecule has 1 amide bonds. The van der Waals surface area contributed by atoms with Crippen LogP contribution in [-0.2, 0) is 0 Å². The first-order valence-corrected chi connectivity index (χ1v) is 6.67. The van der Waals surface area contributed by atoms with Crippen LogP contribution in [0.3, 0.4) is 0 Å². The molecule has 0 saturated heterocycles. The highest BCUT2D eigenvalue weighted by Crippen LogP contribution is 2.27. The molecule has 0 aromatic heterocycles. The van der Waals surface area contributed by atoms with E-state index in [2.05, 4.69) is 0 Å². The van der Waals surface area contributed by atoms with E-state index in [9.17, 15) is 19.3 Å². The van der Waals surface area contributed by atoms with Crippen molar-refractivity contribution in [3.05, 3.63) is 68.5 Å². The first-order valence-electron chi connectivity index (χ1n) is 6.29. The Labute approximate surface area is 131 Å². The highest BCUT2D eigenvalue weighted by molar-refractivity contribution is 6.31. The van der Waals surface area contributed by atoms with Gasteiger partial charge < -0.3 is 4.90 Å². The molecule has 2 aromatic rings. The van der Waals surface area contributed by atoms with E-state index in [1.807, 2.05) is 0 Å². The van der Waals surface area contributed by atoms with Crippen molar-refractivity contribution in [2.45, 2.75) is 6.92 Å². The number of nitro benzene ring substituents is 1. The second-order valence-corrected chi connectivity index (χ2v) is 5.13. The van der Waals surface area contributed by atoms with E-state index >= 15 is 0 Å². The van der Waals surface area contributed by atoms with Crippen LogP contribution in [-0.4, -0.2) is 17.9 Å². The largest absolute Gasteiger partial charge is 0.309 e. The summed E-state index contributed by atoms with van der Waals surface area (Å²) in [4.78, 5) is 23.5. The van der Waals surface area contributed by atoms with Gasteiger partial charge in [-0.05, 0) is 36.8 Å². The summed E-state index contributed by atoms with van der Waals surface area (Å²) in [7, 11) is 1.43. The van der Waals surface area contributed by atoms with Gasteiger partial charge in [-0.25, -0.2) is 4.39 Å². The molecule has 114 valence electrons. The maximum Gasteiger partial charge on any atom is 0.269 e. The van der Waals surface area contributed by atoms with Gasteiger partial charge in [0.2, 0.25) is 0 Å². The minimum absolute atomic E-state index is 0.0882. The fourth-order valence-electron chi connectivity index (χ4n) is 1.93. The van der Waals surface area contributed by atoms with E-state index in [1.165, 1.54) is 37.4 Å². The number of carbonyl (C=O) groups excluding carboxylic acids is 1. The molecule has 0 radical (unpaired) electrons. The molecule has 0 aliphatic rings. The van der Waals surface area contributed by atoms with Crippen molar-refractivity contribution in [1.82, 2.24) is 0 Å². The molecule has 0 bridgehead atoms. The summed E-state index contributed by atoms with van der Waals surface area (Å²) in [5, 5.41) is 10.9. The van der Waals surface area contributed by atoms with Crippen molar-refractivity contribution in [3.63, 3.8) is 0 Å². The normalized spacial score (nSPS) is 10.4. The zero-order valence-corrected chi connectivity index (χ0v) is 12.6. The molecule has 2 rings (SSSR count). The lowest BCUT2D eigenvalue weighted by atomic mass is 10.1. The molecule has 0 spiro atoms. The lowest BCUT2D eigenvalue weighted by molar-refractivity contribution is -0.384. The van der Waals surface area contributed by atoms with Crippen LogP contribution in [0.5, 0.6) is 0 Å². The third-order valence-corrected chi connectivity index (χ3v) is 3.63. The average Bonchev–Trinajstić information content (AvgIpc) is 2.49. The number of nitro groups is 1. The van der Waals surface area contributed by atoms with Gasteiger partial charge in [-0.1, -0.05) is 11.6 Å². The van der Waals surface area contributed by atoms with Gasteiger partial charge in [0, 0.05) is 29.8 Å². The highest BCUT2D eigenvalue weighted by atomic mass is 35.5. The molecule has 7 heteroatoms. The van der Waals surface area contributed by atoms with E-state index in [4.69, 9.17) is 11.6 Å². The molecule has 5 nitrogen and oxygen atoms in total. The third-order valence-electron chi connectivity index (χ3n) is 3.22. The maximum absolute atomic E-state index is 14.0. The van der Waals surface area contributed by atoms with Gasteiger partial charge in [-0.2, -0.15) is 0 Å². The van der Waals surface area contributed by atoms with Gasteiger partial charge in [0.1, 0.15) is 5.82 Å². The van der Waals surface area contributed by atoms with Crippen molar-refractivity contribution < 1.29 is 14.1 Å². The Hall–Kier alpha value is -2.47. The predicted molar refractivity (Wildman–Crippen MR) is 82.0 cm³/mol. The van der Waals surface area contributed by atoms with Crippen LogP contribution in [0.4, 0.5) is 15.8 Å². The number of anilines is 1. The Balaban J connectivity index is 2.33. The topological polar surface area (TPSA) is 63.5 Å². The Kier molecular flexibility index (Phi) is 4.42. The van der Waals surface area contributed by atoms with E-state index in [1.54, 1.807) is 6.92 Å². The molecule has 0 heterocycles. The Morgan fingerprint density at radius 2 is 1.86 bits per heavy atom. The van der Waals surface area contributed by atoms with Crippen LogP contribution < -0.4 is 4.90 Å². The molecule has 22 heavy (non-hydrogen) atoms. The number of carbonyl (C=O) groups is 1. The quantitative estimate of drug-likeness (QED) is 0.634. The molecule has 0 fully saturated rings. The van der Waals surface area contributed by atoms with Crippen LogP contribution in [0.15, 0.2) is 36.4 Å². The number of hydrogen-bond donors (Lipinski definition) is 0. The number of benzene rings is 2. The first-order chi connectivity index (χ1) is 10.3. The third kappa shape index (κ3) is 3.07. The number of aryl methyl sites for hydroxylation is 1. The molecule has 0 unspecified atom stereocenters. The SMILES string of the molecule is Cc1cc(N(C)C(=O)c2ccc([N+](=O)[O-])cc2)c(F)cc1Cl. The minimum Gasteiger partial charge on any atom is -0.309 e. The summed E-state index contributed by atoms with van der Waals surface area (Å²) in [6.07, 6.45) is 0. The van der Waals surface area contributed by atoms with E-state index in [0.717, 1.165) is 11.0 Å². The number of hydrogen-bond acceptors (Lipinski definition) is 3. The Morgan fingerprint density at radius 3 is 2.41 bits per heavy atom. The highest BCUT2D eigenvalue weighted by Gasteiger charge is 2.18. The van der Waals surface area contributed by atoms with Crippen molar-refractivity contribution in [2.75, 3.05) is 11.9 Å². The van der Waals surface area contributed by atoms with Gasteiger partial charge in [0.05, 0.1) is 10.6 Å². The smallest absolute Gasteiger partial charge is 0.269 e. The summed E-state index contributed by atoms with van der Waals surface area (Å²) in [6.45, 7) is 1.70. The zero-order valence-electron chi connectivity index (χ0n) is 11.8. The van der Waals surface area contributed by atoms with Crippen molar-refractivity contribution in [3.8, 4) is 0 Å². The molecule has 0 aliphatic heterocycles. The monoisotopic (exact) mass is 322 g/mol. The minimum atomic E-state index is -0.617. The number of non-ortho nitro benzene ring substituents is 1. The lowest BCUT2D eigenvalue weighted by Gasteiger charge is -2.19. The number of nitrogens with zero attached hydrogens (tertiary/aromatic N) is 2. The van der Waals surface area contributed by atoms with E-state index < -0.39 is 16.6 Å². The van der Waals surface area contributed by atoms with E-state index in [0.29, 0.717) is 5.56 Å². The van der Waals surface area contributed by atoms with Crippen LogP contribution in [0.2, 0.25) is 5.02 Å². The fourth-order valence-corrected chi connectivity index (χ4v) is 2.08. The molecule has 0 aliphatic carbocycles. The summed E-state index contributed by atoms with van der Waals surface area (Å²) in [5.41, 5.74) is 0.833. The summed E-state index contributed by atoms with van der Waals surface area (Å²) < 4.78 is 14.0. The summed E-state index contributed by atoms with van der Waals surface area (Å²) in [6, 6.07) is 7.73. The number of halogens is 2. The Morgan fingerprint density at radius 1 is 1.27 bits per heavy atom. The molecular weight excluding hydrogens is 311 g/mol. The lowest BCUT2D eigenvalue weighted by Crippen LogP contribution is -2.27. The second-order valence-electron chi connectivity index (χ2n) is 4.72. The number of rotatable bonds is 3. The molecule has 0 N–H and O–H groups in total. The standard InChI is InChI=1S/C15H12ClFN2O3/c1-9-7-14(13(17)8-12(9)16)18(2)15(20)10-3-5-11(6-4-10)19(21)22/h3-8H,1-2H3. The first kappa shape index (κ1) is 15.9.